The van der Waals surface area contributed by atoms with E-state index in [4.69, 9.17) is 4.74 Å². The van der Waals surface area contributed by atoms with Crippen molar-refractivity contribution in [3.05, 3.63) is 83.6 Å². The van der Waals surface area contributed by atoms with E-state index in [9.17, 15) is 9.18 Å². The van der Waals surface area contributed by atoms with Gasteiger partial charge in [0.15, 0.2) is 6.61 Å². The fourth-order valence-electron chi connectivity index (χ4n) is 3.76. The van der Waals surface area contributed by atoms with E-state index in [1.54, 1.807) is 6.07 Å². The molecule has 0 aliphatic carbocycles. The second-order valence-corrected chi connectivity index (χ2v) is 7.29. The molecule has 1 amide bonds. The standard InChI is InChI=1S/C24H24FN3O2/c1-16-9-10-19(25)24-23(16)18(17(2)27-24)11-12-26-22(29)15-30-21-8-4-3-7-20(21)28-13-5-6-14-28/h3-10,13-14,27H,11-12,15H2,1-2H3,(H,26,29). The van der Waals surface area contributed by atoms with E-state index in [1.807, 2.05) is 67.2 Å². The number of amides is 1. The van der Waals surface area contributed by atoms with Gasteiger partial charge in [0.05, 0.1) is 11.2 Å². The first kappa shape index (κ1) is 19.8. The Morgan fingerprint density at radius 1 is 1.10 bits per heavy atom. The molecule has 0 fully saturated rings. The van der Waals surface area contributed by atoms with Gasteiger partial charge in [-0.05, 0) is 61.7 Å². The Labute approximate surface area is 174 Å². The van der Waals surface area contributed by atoms with E-state index in [-0.39, 0.29) is 18.3 Å². The second-order valence-electron chi connectivity index (χ2n) is 7.29. The molecule has 30 heavy (non-hydrogen) atoms. The van der Waals surface area contributed by atoms with Crippen LogP contribution in [-0.4, -0.2) is 28.6 Å². The SMILES string of the molecule is Cc1[nH]c2c(F)ccc(C)c2c1CCNC(=O)COc1ccccc1-n1cccc1. The van der Waals surface area contributed by atoms with Crippen molar-refractivity contribution in [1.82, 2.24) is 14.9 Å². The van der Waals surface area contributed by atoms with E-state index in [0.29, 0.717) is 24.2 Å². The van der Waals surface area contributed by atoms with Gasteiger partial charge in [-0.15, -0.1) is 0 Å². The largest absolute Gasteiger partial charge is 0.482 e. The van der Waals surface area contributed by atoms with Crippen molar-refractivity contribution in [3.8, 4) is 11.4 Å². The highest BCUT2D eigenvalue weighted by Gasteiger charge is 2.14. The summed E-state index contributed by atoms with van der Waals surface area (Å²) in [5.41, 5.74) is 4.37. The van der Waals surface area contributed by atoms with Crippen LogP contribution in [0.15, 0.2) is 60.9 Å². The molecule has 0 atom stereocenters. The molecule has 0 radical (unpaired) electrons. The van der Waals surface area contributed by atoms with Crippen LogP contribution in [0.4, 0.5) is 4.39 Å². The minimum Gasteiger partial charge on any atom is -0.482 e. The maximum Gasteiger partial charge on any atom is 0.257 e. The van der Waals surface area contributed by atoms with Crippen LogP contribution in [0.5, 0.6) is 5.75 Å². The van der Waals surface area contributed by atoms with Gasteiger partial charge in [0.1, 0.15) is 11.6 Å². The molecule has 6 heteroatoms. The molecule has 2 aromatic carbocycles. The average molecular weight is 405 g/mol. The Morgan fingerprint density at radius 2 is 1.87 bits per heavy atom. The molecule has 5 nitrogen and oxygen atoms in total. The number of nitrogens with zero attached hydrogens (tertiary/aromatic N) is 1. The van der Waals surface area contributed by atoms with Gasteiger partial charge in [-0.3, -0.25) is 4.79 Å². The maximum atomic E-state index is 14.1. The summed E-state index contributed by atoms with van der Waals surface area (Å²) < 4.78 is 21.8. The van der Waals surface area contributed by atoms with E-state index in [1.165, 1.54) is 6.07 Å². The number of halogens is 1. The predicted octanol–water partition coefficient (Wildman–Crippen LogP) is 4.45. The summed E-state index contributed by atoms with van der Waals surface area (Å²) >= 11 is 0. The number of benzene rings is 2. The summed E-state index contributed by atoms with van der Waals surface area (Å²) in [4.78, 5) is 15.4. The minimum absolute atomic E-state index is 0.0706. The van der Waals surface area contributed by atoms with Crippen LogP contribution < -0.4 is 10.1 Å². The number of H-pyrrole nitrogens is 1. The maximum absolute atomic E-state index is 14.1. The van der Waals surface area contributed by atoms with Crippen molar-refractivity contribution in [2.75, 3.05) is 13.2 Å². The number of hydrogen-bond donors (Lipinski definition) is 2. The number of aryl methyl sites for hydroxylation is 2. The third-order valence-corrected chi connectivity index (χ3v) is 5.23. The smallest absolute Gasteiger partial charge is 0.257 e. The molecule has 0 unspecified atom stereocenters. The summed E-state index contributed by atoms with van der Waals surface area (Å²) in [7, 11) is 0. The highest BCUT2D eigenvalue weighted by Crippen LogP contribution is 2.28. The number of nitrogens with one attached hydrogen (secondary N) is 2. The molecule has 2 N–H and O–H groups in total. The fourth-order valence-corrected chi connectivity index (χ4v) is 3.76. The lowest BCUT2D eigenvalue weighted by molar-refractivity contribution is -0.123. The van der Waals surface area contributed by atoms with Gasteiger partial charge in [0.2, 0.25) is 0 Å². The Hall–Kier alpha value is -3.54. The van der Waals surface area contributed by atoms with Crippen LogP contribution in [-0.2, 0) is 11.2 Å². The van der Waals surface area contributed by atoms with E-state index in [0.717, 1.165) is 27.9 Å². The molecule has 0 aliphatic rings. The molecule has 0 saturated carbocycles. The number of hydrogen-bond acceptors (Lipinski definition) is 2. The molecule has 2 heterocycles. The summed E-state index contributed by atoms with van der Waals surface area (Å²) in [5, 5.41) is 3.79. The molecular weight excluding hydrogens is 381 g/mol. The molecular formula is C24H24FN3O2. The number of aromatic amines is 1. The van der Waals surface area contributed by atoms with Crippen molar-refractivity contribution in [2.45, 2.75) is 20.3 Å². The number of para-hydroxylation sites is 2. The zero-order chi connectivity index (χ0) is 21.1. The lowest BCUT2D eigenvalue weighted by atomic mass is 10.0. The van der Waals surface area contributed by atoms with Crippen LogP contribution in [0.1, 0.15) is 16.8 Å². The van der Waals surface area contributed by atoms with Gasteiger partial charge in [-0.2, -0.15) is 0 Å². The van der Waals surface area contributed by atoms with Gasteiger partial charge in [0, 0.05) is 30.0 Å². The summed E-state index contributed by atoms with van der Waals surface area (Å²) in [5.74, 6) is 0.184. The summed E-state index contributed by atoms with van der Waals surface area (Å²) in [6, 6.07) is 14.7. The monoisotopic (exact) mass is 405 g/mol. The van der Waals surface area contributed by atoms with Gasteiger partial charge >= 0.3 is 0 Å². The van der Waals surface area contributed by atoms with Crippen molar-refractivity contribution in [1.29, 1.82) is 0 Å². The first-order valence-corrected chi connectivity index (χ1v) is 9.92. The van der Waals surface area contributed by atoms with Crippen LogP contribution >= 0.6 is 0 Å². The van der Waals surface area contributed by atoms with Gasteiger partial charge in [-0.25, -0.2) is 4.39 Å². The van der Waals surface area contributed by atoms with Gasteiger partial charge < -0.3 is 19.6 Å². The lowest BCUT2D eigenvalue weighted by Crippen LogP contribution is -2.30. The van der Waals surface area contributed by atoms with Crippen molar-refractivity contribution in [2.24, 2.45) is 0 Å². The Morgan fingerprint density at radius 3 is 2.67 bits per heavy atom. The van der Waals surface area contributed by atoms with Crippen LogP contribution in [0.25, 0.3) is 16.6 Å². The number of fused-ring (bicyclic) bond motifs is 1. The highest BCUT2D eigenvalue weighted by molar-refractivity contribution is 5.88. The van der Waals surface area contributed by atoms with Crippen LogP contribution in [0, 0.1) is 19.7 Å². The molecule has 0 aliphatic heterocycles. The van der Waals surface area contributed by atoms with Gasteiger partial charge in [-0.1, -0.05) is 18.2 Å². The Balaban J connectivity index is 1.37. The van der Waals surface area contributed by atoms with Crippen LogP contribution in [0.3, 0.4) is 0 Å². The highest BCUT2D eigenvalue weighted by atomic mass is 19.1. The third kappa shape index (κ3) is 3.94. The summed E-state index contributed by atoms with van der Waals surface area (Å²) in [6.45, 7) is 4.27. The molecule has 0 bridgehead atoms. The quantitative estimate of drug-likeness (QED) is 0.477. The Kier molecular flexibility index (Phi) is 5.57. The molecule has 4 rings (SSSR count). The third-order valence-electron chi connectivity index (χ3n) is 5.23. The first-order valence-electron chi connectivity index (χ1n) is 9.92. The number of ether oxygens (including phenoxy) is 1. The second kappa shape index (κ2) is 8.45. The topological polar surface area (TPSA) is 59.1 Å². The Bertz CT molecular complexity index is 1180. The number of rotatable bonds is 7. The van der Waals surface area contributed by atoms with E-state index >= 15 is 0 Å². The number of carbonyl (C=O) groups is 1. The van der Waals surface area contributed by atoms with Gasteiger partial charge in [0.25, 0.3) is 5.91 Å². The van der Waals surface area contributed by atoms with Crippen molar-refractivity contribution >= 4 is 16.8 Å². The fraction of sp³-hybridized carbons (Fsp3) is 0.208. The summed E-state index contributed by atoms with van der Waals surface area (Å²) in [6.07, 6.45) is 4.47. The normalized spacial score (nSPS) is 11.0. The van der Waals surface area contributed by atoms with E-state index < -0.39 is 0 Å². The molecule has 154 valence electrons. The van der Waals surface area contributed by atoms with Crippen molar-refractivity contribution < 1.29 is 13.9 Å². The average Bonchev–Trinajstić information content (AvgIpc) is 3.39. The van der Waals surface area contributed by atoms with Crippen molar-refractivity contribution in [3.63, 3.8) is 0 Å². The molecule has 4 aromatic rings. The first-order chi connectivity index (χ1) is 14.5. The molecule has 0 saturated heterocycles. The number of carbonyl (C=O) groups excluding carboxylic acids is 1. The molecule has 0 spiro atoms. The number of aromatic nitrogens is 2. The zero-order valence-electron chi connectivity index (χ0n) is 17.0. The predicted molar refractivity (Wildman–Crippen MR) is 116 cm³/mol. The lowest BCUT2D eigenvalue weighted by Gasteiger charge is -2.12. The zero-order valence-corrected chi connectivity index (χ0v) is 17.0. The molecule has 2 aromatic heterocycles. The van der Waals surface area contributed by atoms with Crippen LogP contribution in [0.2, 0.25) is 0 Å². The minimum atomic E-state index is -0.260. The van der Waals surface area contributed by atoms with E-state index in [2.05, 4.69) is 10.3 Å².